The van der Waals surface area contributed by atoms with Gasteiger partial charge in [-0.25, -0.2) is 0 Å². The first-order valence-corrected chi connectivity index (χ1v) is 54.2. The Labute approximate surface area is 905 Å². The molecule has 0 bridgehead atoms. The van der Waals surface area contributed by atoms with E-state index in [9.17, 15) is 4.79 Å². The summed E-state index contributed by atoms with van der Waals surface area (Å²) >= 11 is 0. The number of nitrogens with zero attached hydrogens (tertiary/aromatic N) is 5. The maximum atomic E-state index is 16.7. The fourth-order valence-corrected chi connectivity index (χ4v) is 30.4. The van der Waals surface area contributed by atoms with E-state index in [2.05, 4.69) is 307 Å². The molecule has 3 atom stereocenters. The first kappa shape index (κ1) is 98.2. The van der Waals surface area contributed by atoms with E-state index < -0.39 is 21.4 Å². The van der Waals surface area contributed by atoms with E-state index in [1.165, 1.54) is 33.0 Å². The molecule has 15 heteroatoms. The Morgan fingerprint density at radius 1 is 0.255 bits per heavy atom. The third kappa shape index (κ3) is 17.3. The molecule has 0 amide bonds. The Balaban J connectivity index is 0.000000127. The zero-order valence-electron chi connectivity index (χ0n) is 80.8. The summed E-state index contributed by atoms with van der Waals surface area (Å²) in [6.45, 7) is 4.29. The molecule has 9 nitrogen and oxygen atoms in total. The number of para-hydroxylation sites is 3. The van der Waals surface area contributed by atoms with Crippen molar-refractivity contribution < 1.29 is 78.8 Å². The second-order valence-electron chi connectivity index (χ2n) is 37.8. The average Bonchev–Trinajstić information content (AvgIpc) is 1.72. The molecule has 0 aliphatic heterocycles. The largest absolute Gasteiger partial charge is 0.310 e. The van der Waals surface area contributed by atoms with Crippen LogP contribution >= 0.6 is 21.4 Å². The second kappa shape index (κ2) is 41.0. The van der Waals surface area contributed by atoms with Crippen LogP contribution in [0.3, 0.4) is 0 Å². The standard InChI is InChI=1S/C52H34N2OP.C45H30N2OP.C37H27NO2P.3Ir/c55-56(40-19-12-16-37(33-40)52-42-21-2-1-14-35(42)30-31-53-52,39-18-11-15-36(32-39)51-47-26-5-3-22-43(47)44-23-4-6-27-48(44)51)41-20-13-17-38(34-41)54-49-28-9-7-24-45(49)46-25-8-10-29-50(46)54;48-49(37-19-8-3-9-20-37,38-21-12-16-35(29-38)45-40-22-11-10-15-33(40)27-28-46-45)39-24-26-44-42(31-39)41-30-34(32-13-4-1-5-14-32)23-25-43(41)47(44)36-17-6-2-7-18-36;1-37(2)33-18-9-8-17-31(33)36(39)32-24-29(19-20-34(32)37)41(40,27-13-4-3-5-14-27)28-15-10-12-26(23-28)35-30-16-7-6-11-25(30)21-22-38-35;;;/h1-15,17-34,51H;1-15,17-31H;3-11,13-24H,1-2H3;;;/q3*-1;;;. The van der Waals surface area contributed by atoms with E-state index in [4.69, 9.17) is 9.97 Å². The normalized spacial score (nSPS) is 13.4. The smallest absolute Gasteiger partial charge is 0.193 e. The molecule has 20 aromatic carbocycles. The molecule has 5 aromatic heterocycles. The summed E-state index contributed by atoms with van der Waals surface area (Å²) in [5, 5.41) is 17.6. The topological polar surface area (TPSA) is 117 Å². The van der Waals surface area contributed by atoms with Crippen LogP contribution in [-0.2, 0) is 79.4 Å². The monoisotopic (exact) mass is 2510 g/mol. The Bertz CT molecular complexity index is 9560. The Morgan fingerprint density at radius 2 is 0.611 bits per heavy atom. The molecule has 25 aromatic rings. The summed E-state index contributed by atoms with van der Waals surface area (Å²) < 4.78 is 52.8. The van der Waals surface area contributed by atoms with Crippen LogP contribution in [0.4, 0.5) is 0 Å². The quantitative estimate of drug-likeness (QED) is 0.0698. The number of fused-ring (bicyclic) bond motifs is 14. The van der Waals surface area contributed by atoms with Crippen molar-refractivity contribution in [3.05, 3.63) is 567 Å². The van der Waals surface area contributed by atoms with Crippen LogP contribution in [0.2, 0.25) is 0 Å². The second-order valence-corrected chi connectivity index (χ2v) is 46.1. The molecule has 2 aliphatic rings. The predicted octanol–water partition coefficient (Wildman–Crippen LogP) is 28.9. The summed E-state index contributed by atoms with van der Waals surface area (Å²) in [5.74, 6) is -0.00212. The molecule has 2 aliphatic carbocycles. The van der Waals surface area contributed by atoms with Gasteiger partial charge in [-0.2, -0.15) is 0 Å². The van der Waals surface area contributed by atoms with Crippen LogP contribution in [0.15, 0.2) is 510 Å². The van der Waals surface area contributed by atoms with Crippen molar-refractivity contribution in [2.45, 2.75) is 25.2 Å². The van der Waals surface area contributed by atoms with Crippen LogP contribution in [0.25, 0.3) is 143 Å². The van der Waals surface area contributed by atoms with Gasteiger partial charge in [0.15, 0.2) is 27.2 Å². The van der Waals surface area contributed by atoms with Gasteiger partial charge in [-0.05, 0) is 197 Å². The van der Waals surface area contributed by atoms with E-state index in [0.29, 0.717) is 27.0 Å². The van der Waals surface area contributed by atoms with Crippen LogP contribution in [-0.4, -0.2) is 29.9 Å². The molecule has 0 spiro atoms. The van der Waals surface area contributed by atoms with Gasteiger partial charge in [0.05, 0.1) is 22.1 Å². The fourth-order valence-electron chi connectivity index (χ4n) is 22.3. The van der Waals surface area contributed by atoms with Gasteiger partial charge in [-0.15, -0.1) is 89.5 Å². The van der Waals surface area contributed by atoms with Gasteiger partial charge >= 0.3 is 0 Å². The number of hydrogen-bond acceptors (Lipinski definition) is 7. The first-order valence-electron chi connectivity index (χ1n) is 49.1. The SMILES string of the molecule is CC1(C)c2ccccc2C(=O)c2cc(P(=O)(c3ccccc3)c3cc[c-]c(-c4nccc5ccccc45)c3)ccc21.O=P(c1cc[c-]c(-c2nccc3ccccc23)c1)(c1cccc(C2c3ccccc3-c3ccccc32)c1)c1cccc(-n2c3ccccc3c3ccccc32)c1.O=P(c1ccccc1)(c1cc[c-]c(-c2nccc3ccccc23)c1)c1ccc2c(c1)c1cc(-c3ccccc3)ccc1n2-c1ccccc1.[Ir].[Ir].[Ir]. The van der Waals surface area contributed by atoms with Crippen molar-refractivity contribution >= 4 is 151 Å². The van der Waals surface area contributed by atoms with Gasteiger partial charge in [0, 0.05) is 166 Å². The zero-order valence-corrected chi connectivity index (χ0v) is 90.7. The molecular formula is C134H91Ir3N5O4P3-3. The number of benzene rings is 20. The minimum Gasteiger partial charge on any atom is -0.310 e. The average molecular weight is 2500 g/mol. The number of ketones is 1. The number of hydrogen-bond donors (Lipinski definition) is 0. The Kier molecular flexibility index (Phi) is 27.0. The van der Waals surface area contributed by atoms with Gasteiger partial charge in [0.1, 0.15) is 0 Å². The van der Waals surface area contributed by atoms with E-state index in [1.54, 1.807) is 6.20 Å². The third-order valence-corrected chi connectivity index (χ3v) is 38.4. The Morgan fingerprint density at radius 3 is 1.13 bits per heavy atom. The van der Waals surface area contributed by atoms with Crippen molar-refractivity contribution in [3.8, 4) is 67.4 Å². The maximum Gasteiger partial charge on any atom is 0.193 e. The molecule has 0 saturated heterocycles. The molecule has 0 fully saturated rings. The summed E-state index contributed by atoms with van der Waals surface area (Å²) in [5.41, 5.74) is 22.7. The number of carbonyl (C=O) groups excluding carboxylic acids is 1. The number of pyridine rings is 3. The molecule has 3 unspecified atom stereocenters. The third-order valence-electron chi connectivity index (χ3n) is 29.3. The summed E-state index contributed by atoms with van der Waals surface area (Å²) in [6, 6.07) is 177. The zero-order chi connectivity index (χ0) is 98.2. The minimum absolute atomic E-state index is 0. The Hall–Kier alpha value is -15.5. The maximum absolute atomic E-state index is 16.7. The van der Waals surface area contributed by atoms with Crippen molar-refractivity contribution in [2.24, 2.45) is 0 Å². The number of rotatable bonds is 16. The van der Waals surface area contributed by atoms with Crippen LogP contribution < -0.4 is 47.7 Å². The van der Waals surface area contributed by atoms with E-state index in [0.717, 1.165) is 170 Å². The molecule has 0 saturated carbocycles. The summed E-state index contributed by atoms with van der Waals surface area (Å²) in [6.07, 6.45) is 5.46. The van der Waals surface area contributed by atoms with Crippen molar-refractivity contribution in [3.63, 3.8) is 0 Å². The van der Waals surface area contributed by atoms with Crippen LogP contribution in [0.5, 0.6) is 0 Å². The molecule has 3 radical (unpaired) electrons. The van der Waals surface area contributed by atoms with Gasteiger partial charge in [0.2, 0.25) is 0 Å². The molecule has 721 valence electrons. The summed E-state index contributed by atoms with van der Waals surface area (Å²) in [4.78, 5) is 28.1. The van der Waals surface area contributed by atoms with E-state index in [-0.39, 0.29) is 77.4 Å². The van der Waals surface area contributed by atoms with Gasteiger partial charge in [0.25, 0.3) is 0 Å². The van der Waals surface area contributed by atoms with Crippen LogP contribution in [0.1, 0.15) is 63.5 Å². The first-order chi connectivity index (χ1) is 71.7. The molecule has 0 N–H and O–H groups in total. The minimum atomic E-state index is -3.53. The number of carbonyl (C=O) groups is 1. The van der Waals surface area contributed by atoms with Gasteiger partial charge < -0.3 is 37.8 Å². The fraction of sp³-hybridized carbons (Fsp3) is 0.0299. The van der Waals surface area contributed by atoms with Crippen molar-refractivity contribution in [1.82, 2.24) is 24.1 Å². The van der Waals surface area contributed by atoms with Crippen molar-refractivity contribution in [2.75, 3.05) is 0 Å². The molecular weight excluding hydrogens is 2410 g/mol. The van der Waals surface area contributed by atoms with Crippen LogP contribution in [0, 0.1) is 18.2 Å². The van der Waals surface area contributed by atoms with Gasteiger partial charge in [-0.3, -0.25) is 4.79 Å². The molecule has 27 rings (SSSR count). The number of aromatic nitrogens is 5. The van der Waals surface area contributed by atoms with Crippen molar-refractivity contribution in [1.29, 1.82) is 0 Å². The summed E-state index contributed by atoms with van der Waals surface area (Å²) in [7, 11) is -10.3. The van der Waals surface area contributed by atoms with Gasteiger partial charge in [-0.1, -0.05) is 369 Å². The van der Waals surface area contributed by atoms with E-state index in [1.807, 2.05) is 243 Å². The van der Waals surface area contributed by atoms with E-state index >= 15 is 13.7 Å². The molecule has 5 heterocycles. The molecule has 149 heavy (non-hydrogen) atoms. The predicted molar refractivity (Wildman–Crippen MR) is 605 cm³/mol.